The molecule has 1 aromatic carbocycles. The molecule has 1 aromatic heterocycles. The predicted octanol–water partition coefficient (Wildman–Crippen LogP) is 2.17. The standard InChI is InChI=1S/C16H21N3O2/c1-11(2)15-17-13-10-12(4-5-14(13)18(15)3)16(20)19-6-8-21-9-7-19/h4-5,10-11H,6-9H2,1-3H3. The Balaban J connectivity index is 1.95. The molecule has 0 bridgehead atoms. The number of fused-ring (bicyclic) bond motifs is 1. The molecule has 21 heavy (non-hydrogen) atoms. The van der Waals surface area contributed by atoms with Crippen LogP contribution >= 0.6 is 0 Å². The zero-order chi connectivity index (χ0) is 15.0. The monoisotopic (exact) mass is 287 g/mol. The van der Waals surface area contributed by atoms with Crippen molar-refractivity contribution in [2.75, 3.05) is 26.3 Å². The predicted molar refractivity (Wildman–Crippen MR) is 81.5 cm³/mol. The smallest absolute Gasteiger partial charge is 0.254 e. The first-order chi connectivity index (χ1) is 10.1. The van der Waals surface area contributed by atoms with Crippen molar-refractivity contribution >= 4 is 16.9 Å². The van der Waals surface area contributed by atoms with E-state index in [1.807, 2.05) is 30.1 Å². The number of rotatable bonds is 2. The van der Waals surface area contributed by atoms with Crippen molar-refractivity contribution in [3.05, 3.63) is 29.6 Å². The molecule has 0 spiro atoms. The minimum absolute atomic E-state index is 0.0666. The molecule has 0 aliphatic carbocycles. The number of ether oxygens (including phenoxy) is 1. The minimum atomic E-state index is 0.0666. The normalized spacial score (nSPS) is 15.9. The van der Waals surface area contributed by atoms with Gasteiger partial charge >= 0.3 is 0 Å². The lowest BCUT2D eigenvalue weighted by Gasteiger charge is -2.26. The highest BCUT2D eigenvalue weighted by Crippen LogP contribution is 2.22. The van der Waals surface area contributed by atoms with Gasteiger partial charge in [-0.2, -0.15) is 0 Å². The molecule has 0 N–H and O–H groups in total. The molecule has 1 aliphatic rings. The van der Waals surface area contributed by atoms with Gasteiger partial charge in [0.25, 0.3) is 5.91 Å². The lowest BCUT2D eigenvalue weighted by Crippen LogP contribution is -2.40. The molecule has 112 valence electrons. The maximum atomic E-state index is 12.5. The topological polar surface area (TPSA) is 47.4 Å². The lowest BCUT2D eigenvalue weighted by molar-refractivity contribution is 0.0303. The molecular formula is C16H21N3O2. The van der Waals surface area contributed by atoms with E-state index in [4.69, 9.17) is 4.74 Å². The molecular weight excluding hydrogens is 266 g/mol. The highest BCUT2D eigenvalue weighted by Gasteiger charge is 2.20. The van der Waals surface area contributed by atoms with Crippen molar-refractivity contribution in [2.45, 2.75) is 19.8 Å². The third-order valence-corrected chi connectivity index (χ3v) is 3.98. The molecule has 5 heteroatoms. The van der Waals surface area contributed by atoms with Crippen LogP contribution in [-0.2, 0) is 11.8 Å². The molecule has 1 saturated heterocycles. The van der Waals surface area contributed by atoms with Crippen LogP contribution in [0.3, 0.4) is 0 Å². The molecule has 1 amide bonds. The second-order valence-electron chi connectivity index (χ2n) is 5.79. The van der Waals surface area contributed by atoms with E-state index in [0.717, 1.165) is 16.9 Å². The van der Waals surface area contributed by atoms with Crippen molar-refractivity contribution in [3.8, 4) is 0 Å². The SMILES string of the molecule is CC(C)c1nc2cc(C(=O)N3CCOCC3)ccc2n1C. The Hall–Kier alpha value is -1.88. The van der Waals surface area contributed by atoms with Crippen LogP contribution in [0.1, 0.15) is 35.9 Å². The summed E-state index contributed by atoms with van der Waals surface area (Å²) in [5.41, 5.74) is 2.66. The van der Waals surface area contributed by atoms with E-state index < -0.39 is 0 Å². The number of morpholine rings is 1. The lowest BCUT2D eigenvalue weighted by atomic mass is 10.1. The molecule has 1 aliphatic heterocycles. The van der Waals surface area contributed by atoms with E-state index in [-0.39, 0.29) is 5.91 Å². The van der Waals surface area contributed by atoms with Crippen molar-refractivity contribution < 1.29 is 9.53 Å². The van der Waals surface area contributed by atoms with Crippen LogP contribution in [0.15, 0.2) is 18.2 Å². The van der Waals surface area contributed by atoms with Gasteiger partial charge in [-0.15, -0.1) is 0 Å². The Morgan fingerprint density at radius 3 is 2.67 bits per heavy atom. The van der Waals surface area contributed by atoms with Gasteiger partial charge in [-0.05, 0) is 18.2 Å². The van der Waals surface area contributed by atoms with Gasteiger partial charge in [0.2, 0.25) is 0 Å². The third kappa shape index (κ3) is 2.53. The first kappa shape index (κ1) is 14.1. The van der Waals surface area contributed by atoms with E-state index in [0.29, 0.717) is 37.8 Å². The van der Waals surface area contributed by atoms with E-state index in [2.05, 4.69) is 23.4 Å². The van der Waals surface area contributed by atoms with Gasteiger partial charge in [-0.3, -0.25) is 4.79 Å². The summed E-state index contributed by atoms with van der Waals surface area (Å²) >= 11 is 0. The Morgan fingerprint density at radius 2 is 2.00 bits per heavy atom. The molecule has 0 saturated carbocycles. The molecule has 2 heterocycles. The largest absolute Gasteiger partial charge is 0.378 e. The number of carbonyl (C=O) groups excluding carboxylic acids is 1. The van der Waals surface area contributed by atoms with Crippen LogP contribution in [-0.4, -0.2) is 46.7 Å². The van der Waals surface area contributed by atoms with Crippen LogP contribution in [0, 0.1) is 0 Å². The number of carbonyl (C=O) groups is 1. The number of hydrogen-bond donors (Lipinski definition) is 0. The van der Waals surface area contributed by atoms with Gasteiger partial charge in [0.1, 0.15) is 5.82 Å². The quantitative estimate of drug-likeness (QED) is 0.850. The van der Waals surface area contributed by atoms with Crippen LogP contribution in [0.2, 0.25) is 0 Å². The summed E-state index contributed by atoms with van der Waals surface area (Å²) in [4.78, 5) is 19.0. The number of imidazole rings is 1. The van der Waals surface area contributed by atoms with E-state index in [1.54, 1.807) is 0 Å². The van der Waals surface area contributed by atoms with E-state index in [1.165, 1.54) is 0 Å². The first-order valence-corrected chi connectivity index (χ1v) is 7.41. The van der Waals surface area contributed by atoms with Gasteiger partial charge in [0, 0.05) is 31.6 Å². The second-order valence-corrected chi connectivity index (χ2v) is 5.79. The summed E-state index contributed by atoms with van der Waals surface area (Å²) in [5.74, 6) is 1.47. The summed E-state index contributed by atoms with van der Waals surface area (Å²) in [6, 6.07) is 5.78. The molecule has 0 atom stereocenters. The number of benzene rings is 1. The minimum Gasteiger partial charge on any atom is -0.378 e. The van der Waals surface area contributed by atoms with Crippen molar-refractivity contribution in [1.29, 1.82) is 0 Å². The Morgan fingerprint density at radius 1 is 1.29 bits per heavy atom. The highest BCUT2D eigenvalue weighted by molar-refractivity contribution is 5.97. The molecule has 2 aromatic rings. The van der Waals surface area contributed by atoms with Crippen molar-refractivity contribution in [1.82, 2.24) is 14.5 Å². The second kappa shape index (κ2) is 5.48. The van der Waals surface area contributed by atoms with Crippen molar-refractivity contribution in [2.24, 2.45) is 7.05 Å². The summed E-state index contributed by atoms with van der Waals surface area (Å²) in [5, 5.41) is 0. The number of aryl methyl sites for hydroxylation is 1. The van der Waals surface area contributed by atoms with E-state index >= 15 is 0 Å². The first-order valence-electron chi connectivity index (χ1n) is 7.41. The Bertz CT molecular complexity index is 669. The average Bonchev–Trinajstić information content (AvgIpc) is 2.84. The molecule has 3 rings (SSSR count). The zero-order valence-corrected chi connectivity index (χ0v) is 12.8. The summed E-state index contributed by atoms with van der Waals surface area (Å²) in [6.07, 6.45) is 0. The molecule has 5 nitrogen and oxygen atoms in total. The summed E-state index contributed by atoms with van der Waals surface area (Å²) in [6.45, 7) is 6.82. The Labute approximate surface area is 124 Å². The van der Waals surface area contributed by atoms with Gasteiger partial charge in [0.15, 0.2) is 0 Å². The zero-order valence-electron chi connectivity index (χ0n) is 12.8. The average molecular weight is 287 g/mol. The number of amides is 1. The van der Waals surface area contributed by atoms with Crippen LogP contribution < -0.4 is 0 Å². The molecule has 0 radical (unpaired) electrons. The van der Waals surface area contributed by atoms with Crippen LogP contribution in [0.4, 0.5) is 0 Å². The van der Waals surface area contributed by atoms with Gasteiger partial charge < -0.3 is 14.2 Å². The van der Waals surface area contributed by atoms with Gasteiger partial charge in [-0.25, -0.2) is 4.98 Å². The molecule has 1 fully saturated rings. The summed E-state index contributed by atoms with van der Waals surface area (Å²) < 4.78 is 7.39. The highest BCUT2D eigenvalue weighted by atomic mass is 16.5. The Kier molecular flexibility index (Phi) is 3.68. The fourth-order valence-corrected chi connectivity index (χ4v) is 2.82. The van der Waals surface area contributed by atoms with Crippen LogP contribution in [0.25, 0.3) is 11.0 Å². The number of hydrogen-bond acceptors (Lipinski definition) is 3. The number of nitrogens with zero attached hydrogens (tertiary/aromatic N) is 3. The fourth-order valence-electron chi connectivity index (χ4n) is 2.82. The van der Waals surface area contributed by atoms with E-state index in [9.17, 15) is 4.79 Å². The summed E-state index contributed by atoms with van der Waals surface area (Å²) in [7, 11) is 2.02. The fraction of sp³-hybridized carbons (Fsp3) is 0.500. The maximum absolute atomic E-state index is 12.5. The number of aromatic nitrogens is 2. The van der Waals surface area contributed by atoms with Gasteiger partial charge in [0.05, 0.1) is 24.2 Å². The van der Waals surface area contributed by atoms with Gasteiger partial charge in [-0.1, -0.05) is 13.8 Å². The van der Waals surface area contributed by atoms with Crippen molar-refractivity contribution in [3.63, 3.8) is 0 Å². The third-order valence-electron chi connectivity index (χ3n) is 3.98. The van der Waals surface area contributed by atoms with Crippen LogP contribution in [0.5, 0.6) is 0 Å². The molecule has 0 unspecified atom stereocenters. The maximum Gasteiger partial charge on any atom is 0.254 e.